The summed E-state index contributed by atoms with van der Waals surface area (Å²) in [5.41, 5.74) is 5.78. The molecule has 0 saturated carbocycles. The van der Waals surface area contributed by atoms with Crippen molar-refractivity contribution in [2.24, 2.45) is 0 Å². The van der Waals surface area contributed by atoms with Gasteiger partial charge in [0, 0.05) is 18.8 Å². The number of anilines is 1. The number of nitrogens with zero attached hydrogens (tertiary/aromatic N) is 1. The highest BCUT2D eigenvalue weighted by Gasteiger charge is 2.19. The van der Waals surface area contributed by atoms with Gasteiger partial charge in [0.1, 0.15) is 0 Å². The molecule has 0 saturated heterocycles. The molecule has 0 aromatic heterocycles. The lowest BCUT2D eigenvalue weighted by molar-refractivity contribution is 0.868. The van der Waals surface area contributed by atoms with Gasteiger partial charge in [-0.05, 0) is 29.2 Å². The third-order valence-electron chi connectivity index (χ3n) is 3.55. The van der Waals surface area contributed by atoms with Crippen molar-refractivity contribution in [3.8, 4) is 0 Å². The highest BCUT2D eigenvalue weighted by atomic mass is 15.1. The Kier molecular flexibility index (Phi) is 2.60. The number of aryl methyl sites for hydroxylation is 1. The third-order valence-corrected chi connectivity index (χ3v) is 3.55. The molecule has 1 heteroatoms. The van der Waals surface area contributed by atoms with Crippen molar-refractivity contribution in [3.63, 3.8) is 0 Å². The van der Waals surface area contributed by atoms with Crippen molar-refractivity contribution < 1.29 is 0 Å². The van der Waals surface area contributed by atoms with E-state index < -0.39 is 0 Å². The van der Waals surface area contributed by atoms with E-state index in [0.717, 1.165) is 19.5 Å². The number of rotatable bonds is 2. The summed E-state index contributed by atoms with van der Waals surface area (Å²) >= 11 is 0. The first kappa shape index (κ1) is 10.4. The molecule has 0 amide bonds. The molecule has 0 radical (unpaired) electrons. The van der Waals surface area contributed by atoms with Crippen LogP contribution in [0.4, 0.5) is 5.69 Å². The average Bonchev–Trinajstić information content (AvgIpc) is 2.82. The molecule has 1 nitrogen and oxygen atoms in total. The van der Waals surface area contributed by atoms with Gasteiger partial charge in [-0.2, -0.15) is 0 Å². The van der Waals surface area contributed by atoms with Gasteiger partial charge in [-0.15, -0.1) is 0 Å². The van der Waals surface area contributed by atoms with Crippen LogP contribution in [-0.2, 0) is 19.5 Å². The van der Waals surface area contributed by atoms with Crippen LogP contribution in [0.5, 0.6) is 0 Å². The van der Waals surface area contributed by atoms with Gasteiger partial charge in [0.15, 0.2) is 0 Å². The van der Waals surface area contributed by atoms with Crippen molar-refractivity contribution in [1.29, 1.82) is 0 Å². The average molecular weight is 223 g/mol. The van der Waals surface area contributed by atoms with E-state index in [2.05, 4.69) is 60.4 Å². The summed E-state index contributed by atoms with van der Waals surface area (Å²) in [6.45, 7) is 4.32. The summed E-state index contributed by atoms with van der Waals surface area (Å²) in [7, 11) is 0. The summed E-state index contributed by atoms with van der Waals surface area (Å²) in [5.74, 6) is 0. The van der Waals surface area contributed by atoms with E-state index in [4.69, 9.17) is 0 Å². The zero-order valence-corrected chi connectivity index (χ0v) is 10.2. The number of benzene rings is 2. The van der Waals surface area contributed by atoms with E-state index in [1.165, 1.54) is 22.4 Å². The first-order chi connectivity index (χ1) is 8.38. The zero-order chi connectivity index (χ0) is 11.7. The van der Waals surface area contributed by atoms with E-state index in [9.17, 15) is 0 Å². The Balaban J connectivity index is 1.94. The highest BCUT2D eigenvalue weighted by molar-refractivity contribution is 5.57. The van der Waals surface area contributed by atoms with Gasteiger partial charge in [0.25, 0.3) is 0 Å². The molecule has 2 aromatic carbocycles. The quantitative estimate of drug-likeness (QED) is 0.749. The number of fused-ring (bicyclic) bond motifs is 1. The lowest BCUT2D eigenvalue weighted by atomic mass is 10.1. The van der Waals surface area contributed by atoms with Crippen molar-refractivity contribution in [2.75, 3.05) is 4.90 Å². The third kappa shape index (κ3) is 1.82. The molecular weight excluding hydrogens is 206 g/mol. The van der Waals surface area contributed by atoms with Gasteiger partial charge in [-0.1, -0.05) is 49.4 Å². The minimum absolute atomic E-state index is 1.05. The lowest BCUT2D eigenvalue weighted by Crippen LogP contribution is -2.16. The summed E-state index contributed by atoms with van der Waals surface area (Å²) in [6.07, 6.45) is 1.10. The second-order valence-corrected chi connectivity index (χ2v) is 4.61. The van der Waals surface area contributed by atoms with Crippen LogP contribution in [0.1, 0.15) is 23.6 Å². The molecule has 17 heavy (non-hydrogen) atoms. The minimum Gasteiger partial charge on any atom is -0.363 e. The summed E-state index contributed by atoms with van der Waals surface area (Å²) in [4.78, 5) is 2.48. The van der Waals surface area contributed by atoms with Crippen molar-refractivity contribution in [2.45, 2.75) is 26.4 Å². The van der Waals surface area contributed by atoms with Crippen LogP contribution in [0.25, 0.3) is 0 Å². The molecule has 1 heterocycles. The van der Waals surface area contributed by atoms with Crippen LogP contribution in [0.2, 0.25) is 0 Å². The first-order valence-electron chi connectivity index (χ1n) is 6.28. The van der Waals surface area contributed by atoms with Crippen LogP contribution < -0.4 is 4.90 Å². The molecular formula is C16H17N. The fraction of sp³-hybridized carbons (Fsp3) is 0.250. The van der Waals surface area contributed by atoms with Gasteiger partial charge in [0.2, 0.25) is 0 Å². The van der Waals surface area contributed by atoms with Crippen molar-refractivity contribution >= 4 is 5.69 Å². The molecule has 86 valence electrons. The fourth-order valence-electron chi connectivity index (χ4n) is 2.62. The van der Waals surface area contributed by atoms with Crippen molar-refractivity contribution in [3.05, 3.63) is 65.2 Å². The van der Waals surface area contributed by atoms with Gasteiger partial charge in [0.05, 0.1) is 0 Å². The molecule has 0 unspecified atom stereocenters. The number of hydrogen-bond donors (Lipinski definition) is 0. The van der Waals surface area contributed by atoms with Gasteiger partial charge in [-0.3, -0.25) is 0 Å². The molecule has 0 spiro atoms. The Labute approximate surface area is 103 Å². The minimum atomic E-state index is 1.05. The van der Waals surface area contributed by atoms with E-state index in [-0.39, 0.29) is 0 Å². The summed E-state index contributed by atoms with van der Waals surface area (Å²) < 4.78 is 0. The molecule has 0 N–H and O–H groups in total. The fourth-order valence-corrected chi connectivity index (χ4v) is 2.62. The largest absolute Gasteiger partial charge is 0.363 e. The molecule has 3 rings (SSSR count). The molecule has 0 bridgehead atoms. The topological polar surface area (TPSA) is 3.24 Å². The highest BCUT2D eigenvalue weighted by Crippen LogP contribution is 2.30. The second-order valence-electron chi connectivity index (χ2n) is 4.61. The molecule has 0 fully saturated rings. The van der Waals surface area contributed by atoms with Crippen molar-refractivity contribution in [1.82, 2.24) is 0 Å². The standard InChI is InChI=1S/C16H17N/c1-2-13-7-5-6-10-16(13)17-11-14-8-3-4-9-15(14)12-17/h3-10H,2,11-12H2,1H3. The Morgan fingerprint density at radius 3 is 2.12 bits per heavy atom. The molecule has 2 aromatic rings. The van der Waals surface area contributed by atoms with Gasteiger partial charge >= 0.3 is 0 Å². The van der Waals surface area contributed by atoms with Crippen LogP contribution in [0, 0.1) is 0 Å². The molecule has 1 aliphatic heterocycles. The Hall–Kier alpha value is -1.76. The van der Waals surface area contributed by atoms with E-state index in [1.807, 2.05) is 0 Å². The van der Waals surface area contributed by atoms with Crippen LogP contribution in [0.3, 0.4) is 0 Å². The Morgan fingerprint density at radius 1 is 0.882 bits per heavy atom. The molecule has 0 aliphatic carbocycles. The normalized spacial score (nSPS) is 13.8. The molecule has 1 aliphatic rings. The Bertz CT molecular complexity index is 506. The number of hydrogen-bond acceptors (Lipinski definition) is 1. The van der Waals surface area contributed by atoms with E-state index >= 15 is 0 Å². The zero-order valence-electron chi connectivity index (χ0n) is 10.2. The van der Waals surface area contributed by atoms with Gasteiger partial charge < -0.3 is 4.90 Å². The first-order valence-corrected chi connectivity index (χ1v) is 6.28. The van der Waals surface area contributed by atoms with E-state index in [1.54, 1.807) is 0 Å². The smallest absolute Gasteiger partial charge is 0.0436 e. The summed E-state index contributed by atoms with van der Waals surface area (Å²) in [5, 5.41) is 0. The maximum Gasteiger partial charge on any atom is 0.0436 e. The lowest BCUT2D eigenvalue weighted by Gasteiger charge is -2.20. The van der Waals surface area contributed by atoms with Gasteiger partial charge in [-0.25, -0.2) is 0 Å². The van der Waals surface area contributed by atoms with Crippen LogP contribution in [0.15, 0.2) is 48.5 Å². The SMILES string of the molecule is CCc1ccccc1N1Cc2ccccc2C1. The summed E-state index contributed by atoms with van der Waals surface area (Å²) in [6, 6.07) is 17.5. The predicted molar refractivity (Wildman–Crippen MR) is 72.1 cm³/mol. The molecule has 0 atom stereocenters. The maximum absolute atomic E-state index is 2.48. The van der Waals surface area contributed by atoms with Crippen LogP contribution >= 0.6 is 0 Å². The van der Waals surface area contributed by atoms with E-state index in [0.29, 0.717) is 0 Å². The predicted octanol–water partition coefficient (Wildman–Crippen LogP) is 3.77. The maximum atomic E-state index is 2.48. The Morgan fingerprint density at radius 2 is 1.47 bits per heavy atom. The monoisotopic (exact) mass is 223 g/mol. The second kappa shape index (κ2) is 4.25. The van der Waals surface area contributed by atoms with Crippen LogP contribution in [-0.4, -0.2) is 0 Å². The number of para-hydroxylation sites is 1.